The number of benzene rings is 2. The van der Waals surface area contributed by atoms with E-state index in [2.05, 4.69) is 45.2 Å². The molecule has 1 aromatic heterocycles. The highest BCUT2D eigenvalue weighted by atomic mass is 79.9. The quantitative estimate of drug-likeness (QED) is 0.647. The summed E-state index contributed by atoms with van der Waals surface area (Å²) >= 11 is 3.48. The van der Waals surface area contributed by atoms with Crippen LogP contribution >= 0.6 is 15.9 Å². The van der Waals surface area contributed by atoms with Crippen molar-refractivity contribution in [3.05, 3.63) is 63.1 Å². The smallest absolute Gasteiger partial charge is 0.300 e. The van der Waals surface area contributed by atoms with Gasteiger partial charge in [0.1, 0.15) is 12.0 Å². The molecule has 0 aliphatic carbocycles. The number of fused-ring (bicyclic) bond motifs is 3. The van der Waals surface area contributed by atoms with Crippen LogP contribution in [0, 0.1) is 11.7 Å². The molecular weight excluding hydrogens is 411 g/mol. The molecule has 0 radical (unpaired) electrons. The second-order valence-corrected chi connectivity index (χ2v) is 7.94. The lowest BCUT2D eigenvalue weighted by atomic mass is 10.0. The molecule has 0 amide bonds. The Kier molecular flexibility index (Phi) is 4.55. The minimum absolute atomic E-state index is 0.124. The van der Waals surface area contributed by atoms with E-state index in [0.29, 0.717) is 17.3 Å². The van der Waals surface area contributed by atoms with Gasteiger partial charge in [-0.3, -0.25) is 4.79 Å². The molecule has 2 aromatic carbocycles. The molecule has 2 heterocycles. The van der Waals surface area contributed by atoms with Crippen molar-refractivity contribution in [2.24, 2.45) is 5.92 Å². The summed E-state index contributed by atoms with van der Waals surface area (Å²) in [6, 6.07) is 11.6. The van der Waals surface area contributed by atoms with Crippen molar-refractivity contribution in [1.82, 2.24) is 14.8 Å². The summed E-state index contributed by atoms with van der Waals surface area (Å²) in [7, 11) is 0. The Bertz CT molecular complexity index is 1060. The predicted molar refractivity (Wildman–Crippen MR) is 107 cm³/mol. The second-order valence-electron chi connectivity index (χ2n) is 7.02. The van der Waals surface area contributed by atoms with Crippen molar-refractivity contribution < 1.29 is 4.39 Å². The maximum atomic E-state index is 13.3. The van der Waals surface area contributed by atoms with Gasteiger partial charge >= 0.3 is 0 Å². The Balaban J connectivity index is 1.92. The first-order valence-corrected chi connectivity index (χ1v) is 9.55. The fourth-order valence-corrected chi connectivity index (χ4v) is 3.62. The van der Waals surface area contributed by atoms with Gasteiger partial charge in [-0.25, -0.2) is 9.07 Å². The topological polar surface area (TPSA) is 59.8 Å². The maximum Gasteiger partial charge on any atom is 0.300 e. The molecule has 3 aromatic rings. The normalized spacial score (nSPS) is 15.2. The SMILES string of the molecule is CC(C)CC1Nc2ccc(Br)cc2-c2nc(=O)c(-c3ccc(F)cc3)nn21. The molecular formula is C20H18BrFN4O. The highest BCUT2D eigenvalue weighted by molar-refractivity contribution is 9.10. The average molecular weight is 429 g/mol. The first-order valence-electron chi connectivity index (χ1n) is 8.75. The van der Waals surface area contributed by atoms with Crippen molar-refractivity contribution >= 4 is 21.6 Å². The van der Waals surface area contributed by atoms with Gasteiger partial charge in [0.2, 0.25) is 0 Å². The first kappa shape index (κ1) is 17.9. The monoisotopic (exact) mass is 428 g/mol. The highest BCUT2D eigenvalue weighted by Gasteiger charge is 2.27. The van der Waals surface area contributed by atoms with Gasteiger partial charge in [-0.1, -0.05) is 29.8 Å². The van der Waals surface area contributed by atoms with E-state index in [-0.39, 0.29) is 17.7 Å². The van der Waals surface area contributed by atoms with E-state index in [1.54, 1.807) is 16.8 Å². The van der Waals surface area contributed by atoms with E-state index in [1.807, 2.05) is 18.2 Å². The van der Waals surface area contributed by atoms with Gasteiger partial charge in [-0.05, 0) is 54.8 Å². The van der Waals surface area contributed by atoms with E-state index < -0.39 is 5.56 Å². The van der Waals surface area contributed by atoms with Crippen LogP contribution in [-0.2, 0) is 0 Å². The van der Waals surface area contributed by atoms with Gasteiger partial charge in [0.05, 0.1) is 0 Å². The number of rotatable bonds is 3. The van der Waals surface area contributed by atoms with Crippen LogP contribution in [0.2, 0.25) is 0 Å². The molecule has 138 valence electrons. The maximum absolute atomic E-state index is 13.3. The summed E-state index contributed by atoms with van der Waals surface area (Å²) in [4.78, 5) is 17.0. The van der Waals surface area contributed by atoms with E-state index in [4.69, 9.17) is 0 Å². The molecule has 0 saturated carbocycles. The third-order valence-electron chi connectivity index (χ3n) is 4.49. The first-order chi connectivity index (χ1) is 12.9. The molecule has 1 unspecified atom stereocenters. The minimum Gasteiger partial charge on any atom is -0.363 e. The van der Waals surface area contributed by atoms with Crippen LogP contribution in [0.4, 0.5) is 10.1 Å². The molecule has 0 fully saturated rings. The molecule has 27 heavy (non-hydrogen) atoms. The fraction of sp³-hybridized carbons (Fsp3) is 0.250. The Morgan fingerprint density at radius 3 is 2.67 bits per heavy atom. The standard InChI is InChI=1S/C20H18BrFN4O/c1-11(2)9-17-23-16-8-5-13(21)10-15(16)19-24-20(27)18(25-26(17)19)12-3-6-14(22)7-4-12/h3-8,10-11,17,23H,9H2,1-2H3. The molecule has 1 aliphatic heterocycles. The highest BCUT2D eigenvalue weighted by Crippen LogP contribution is 2.37. The Morgan fingerprint density at radius 1 is 1.22 bits per heavy atom. The number of anilines is 1. The van der Waals surface area contributed by atoms with E-state index >= 15 is 0 Å². The largest absolute Gasteiger partial charge is 0.363 e. The Hall–Kier alpha value is -2.54. The lowest BCUT2D eigenvalue weighted by molar-refractivity contribution is 0.398. The van der Waals surface area contributed by atoms with Gasteiger partial charge < -0.3 is 5.32 Å². The molecule has 0 bridgehead atoms. The average Bonchev–Trinajstić information content (AvgIpc) is 2.62. The number of hydrogen-bond donors (Lipinski definition) is 1. The van der Waals surface area contributed by atoms with Gasteiger partial charge in [0.25, 0.3) is 5.56 Å². The zero-order valence-electron chi connectivity index (χ0n) is 14.9. The molecule has 4 rings (SSSR count). The number of hydrogen-bond acceptors (Lipinski definition) is 4. The molecule has 7 heteroatoms. The van der Waals surface area contributed by atoms with Crippen LogP contribution in [0.1, 0.15) is 26.4 Å². The molecule has 1 atom stereocenters. The van der Waals surface area contributed by atoms with Crippen molar-refractivity contribution in [2.75, 3.05) is 5.32 Å². The van der Waals surface area contributed by atoms with Gasteiger partial charge in [0, 0.05) is 21.3 Å². The number of halogens is 2. The van der Waals surface area contributed by atoms with Crippen molar-refractivity contribution in [1.29, 1.82) is 0 Å². The van der Waals surface area contributed by atoms with Crippen molar-refractivity contribution in [2.45, 2.75) is 26.4 Å². The lowest BCUT2D eigenvalue weighted by Crippen LogP contribution is -2.32. The summed E-state index contributed by atoms with van der Waals surface area (Å²) in [5.41, 5.74) is 2.08. The number of aromatic nitrogens is 3. The zero-order valence-corrected chi connectivity index (χ0v) is 16.5. The zero-order chi connectivity index (χ0) is 19.1. The van der Waals surface area contributed by atoms with Crippen LogP contribution in [0.5, 0.6) is 0 Å². The Morgan fingerprint density at radius 2 is 1.96 bits per heavy atom. The lowest BCUT2D eigenvalue weighted by Gasteiger charge is -2.31. The van der Waals surface area contributed by atoms with E-state index in [9.17, 15) is 9.18 Å². The molecule has 1 N–H and O–H groups in total. The van der Waals surface area contributed by atoms with Crippen LogP contribution in [0.25, 0.3) is 22.6 Å². The van der Waals surface area contributed by atoms with Crippen molar-refractivity contribution in [3.8, 4) is 22.6 Å². The number of nitrogens with one attached hydrogen (secondary N) is 1. The third-order valence-corrected chi connectivity index (χ3v) is 4.98. The summed E-state index contributed by atoms with van der Waals surface area (Å²) in [5.74, 6) is 0.595. The van der Waals surface area contributed by atoms with Crippen LogP contribution in [0.15, 0.2) is 51.7 Å². The molecule has 1 aliphatic rings. The molecule has 5 nitrogen and oxygen atoms in total. The summed E-state index contributed by atoms with van der Waals surface area (Å²) < 4.78 is 15.9. The Labute approximate surface area is 164 Å². The van der Waals surface area contributed by atoms with Crippen LogP contribution in [-0.4, -0.2) is 14.8 Å². The molecule has 0 spiro atoms. The summed E-state index contributed by atoms with van der Waals surface area (Å²) in [6.45, 7) is 4.27. The summed E-state index contributed by atoms with van der Waals surface area (Å²) in [5, 5.41) is 8.11. The number of nitrogens with zero attached hydrogens (tertiary/aromatic N) is 3. The minimum atomic E-state index is -0.427. The second kappa shape index (κ2) is 6.88. The van der Waals surface area contributed by atoms with Gasteiger partial charge in [-0.2, -0.15) is 10.1 Å². The van der Waals surface area contributed by atoms with E-state index in [1.165, 1.54) is 12.1 Å². The van der Waals surface area contributed by atoms with Gasteiger partial charge in [-0.15, -0.1) is 0 Å². The van der Waals surface area contributed by atoms with Crippen molar-refractivity contribution in [3.63, 3.8) is 0 Å². The van der Waals surface area contributed by atoms with Crippen LogP contribution in [0.3, 0.4) is 0 Å². The van der Waals surface area contributed by atoms with Gasteiger partial charge in [0.15, 0.2) is 11.5 Å². The predicted octanol–water partition coefficient (Wildman–Crippen LogP) is 4.84. The van der Waals surface area contributed by atoms with Crippen LogP contribution < -0.4 is 10.9 Å². The van der Waals surface area contributed by atoms with E-state index in [0.717, 1.165) is 22.1 Å². The summed E-state index contributed by atoms with van der Waals surface area (Å²) in [6.07, 6.45) is 0.698. The fourth-order valence-electron chi connectivity index (χ4n) is 3.26. The third kappa shape index (κ3) is 3.39. The molecule has 0 saturated heterocycles.